The molecule has 0 aliphatic rings. The average molecular weight is 254 g/mol. The lowest BCUT2D eigenvalue weighted by molar-refractivity contribution is 0.431. The maximum absolute atomic E-state index is 11.2. The molecule has 0 bridgehead atoms. The van der Waals surface area contributed by atoms with Gasteiger partial charge in [-0.05, 0) is 18.2 Å². The number of nitrogens with zero attached hydrogens (tertiary/aromatic N) is 2. The van der Waals surface area contributed by atoms with Gasteiger partial charge >= 0.3 is 0 Å². The van der Waals surface area contributed by atoms with Crippen LogP contribution in [-0.2, 0) is 0 Å². The summed E-state index contributed by atoms with van der Waals surface area (Å²) in [4.78, 5) is 18.1. The van der Waals surface area contributed by atoms with Crippen LogP contribution in [0, 0.1) is 0 Å². The van der Waals surface area contributed by atoms with Gasteiger partial charge in [0, 0.05) is 17.3 Å². The van der Waals surface area contributed by atoms with Crippen LogP contribution in [0.2, 0.25) is 0 Å². The third-order valence-electron chi connectivity index (χ3n) is 2.63. The molecule has 0 saturated carbocycles. The number of nitrogens with two attached hydrogens (primary N) is 1. The molecule has 0 unspecified atom stereocenters. The van der Waals surface area contributed by atoms with Crippen molar-refractivity contribution in [1.82, 2.24) is 15.1 Å². The summed E-state index contributed by atoms with van der Waals surface area (Å²) in [5.74, 6) is 0.633. The Bertz CT molecular complexity index is 776. The second kappa shape index (κ2) is 4.41. The average Bonchev–Trinajstić information content (AvgIpc) is 2.89. The predicted molar refractivity (Wildman–Crippen MR) is 70.2 cm³/mol. The van der Waals surface area contributed by atoms with E-state index in [2.05, 4.69) is 15.1 Å². The van der Waals surface area contributed by atoms with E-state index in [9.17, 15) is 4.79 Å². The highest BCUT2D eigenvalue weighted by atomic mass is 16.5. The fourth-order valence-corrected chi connectivity index (χ4v) is 1.72. The predicted octanol–water partition coefficient (Wildman–Crippen LogP) is 1.67. The van der Waals surface area contributed by atoms with Gasteiger partial charge < -0.3 is 15.2 Å². The third kappa shape index (κ3) is 2.11. The van der Waals surface area contributed by atoms with E-state index in [0.717, 1.165) is 0 Å². The number of nitrogen functional groups attached to an aromatic ring is 1. The molecule has 0 fully saturated rings. The highest BCUT2D eigenvalue weighted by Crippen LogP contribution is 2.24. The van der Waals surface area contributed by atoms with Crippen LogP contribution < -0.4 is 11.3 Å². The maximum Gasteiger partial charge on any atom is 0.274 e. The largest absolute Gasteiger partial charge is 0.398 e. The first-order valence-electron chi connectivity index (χ1n) is 5.62. The quantitative estimate of drug-likeness (QED) is 0.678. The van der Waals surface area contributed by atoms with Crippen molar-refractivity contribution >= 4 is 5.69 Å². The van der Waals surface area contributed by atoms with Gasteiger partial charge in [-0.25, -0.2) is 0 Å². The van der Waals surface area contributed by atoms with Crippen LogP contribution in [0.25, 0.3) is 23.0 Å². The van der Waals surface area contributed by atoms with Crippen LogP contribution in [0.4, 0.5) is 5.69 Å². The number of aromatic amines is 1. The zero-order valence-electron chi connectivity index (χ0n) is 9.83. The van der Waals surface area contributed by atoms with E-state index in [-0.39, 0.29) is 11.4 Å². The van der Waals surface area contributed by atoms with Gasteiger partial charge in [-0.15, -0.1) is 0 Å². The number of benzene rings is 1. The number of aromatic nitrogens is 3. The monoisotopic (exact) mass is 254 g/mol. The number of H-pyrrole nitrogens is 1. The second-order valence-corrected chi connectivity index (χ2v) is 3.94. The van der Waals surface area contributed by atoms with E-state index in [1.807, 2.05) is 12.1 Å². The highest BCUT2D eigenvalue weighted by molar-refractivity contribution is 5.71. The van der Waals surface area contributed by atoms with Gasteiger partial charge in [0.1, 0.15) is 5.69 Å². The van der Waals surface area contributed by atoms with Crippen molar-refractivity contribution in [2.45, 2.75) is 0 Å². The van der Waals surface area contributed by atoms with Gasteiger partial charge in [0.15, 0.2) is 0 Å². The molecular weight excluding hydrogens is 244 g/mol. The lowest BCUT2D eigenvalue weighted by Gasteiger charge is -1.98. The van der Waals surface area contributed by atoms with E-state index in [1.54, 1.807) is 24.3 Å². The number of anilines is 1. The summed E-state index contributed by atoms with van der Waals surface area (Å²) < 4.78 is 5.13. The van der Waals surface area contributed by atoms with Gasteiger partial charge in [0.25, 0.3) is 5.89 Å². The first kappa shape index (κ1) is 11.2. The summed E-state index contributed by atoms with van der Waals surface area (Å²) in [5.41, 5.74) is 7.35. The molecule has 6 heteroatoms. The van der Waals surface area contributed by atoms with Crippen molar-refractivity contribution in [3.05, 3.63) is 52.8 Å². The standard InChI is InChI=1S/C13H10N4O2/c14-9-5-2-1-4-8(9)12-16-13(19-17-12)10-6-3-7-11(18)15-10/h1-7H,14H2,(H,15,18). The lowest BCUT2D eigenvalue weighted by Crippen LogP contribution is -2.03. The Balaban J connectivity index is 2.05. The summed E-state index contributed by atoms with van der Waals surface area (Å²) in [6, 6.07) is 12.0. The Morgan fingerprint density at radius 3 is 2.74 bits per heavy atom. The topological polar surface area (TPSA) is 97.8 Å². The Labute approximate surface area is 107 Å². The number of hydrogen-bond acceptors (Lipinski definition) is 5. The van der Waals surface area contributed by atoms with Crippen LogP contribution in [0.3, 0.4) is 0 Å². The maximum atomic E-state index is 11.2. The minimum Gasteiger partial charge on any atom is -0.398 e. The number of rotatable bonds is 2. The zero-order chi connectivity index (χ0) is 13.2. The molecular formula is C13H10N4O2. The molecule has 2 heterocycles. The van der Waals surface area contributed by atoms with Crippen LogP contribution >= 0.6 is 0 Å². The fourth-order valence-electron chi connectivity index (χ4n) is 1.72. The minimum atomic E-state index is -0.225. The number of nitrogens with one attached hydrogen (secondary N) is 1. The van der Waals surface area contributed by atoms with Gasteiger partial charge in [-0.1, -0.05) is 23.4 Å². The Morgan fingerprint density at radius 1 is 1.11 bits per heavy atom. The fraction of sp³-hybridized carbons (Fsp3) is 0. The molecule has 0 amide bonds. The number of para-hydroxylation sites is 1. The van der Waals surface area contributed by atoms with E-state index in [0.29, 0.717) is 22.8 Å². The molecule has 0 radical (unpaired) electrons. The molecule has 19 heavy (non-hydrogen) atoms. The molecule has 3 rings (SSSR count). The van der Waals surface area contributed by atoms with Gasteiger partial charge in [0.2, 0.25) is 11.4 Å². The molecule has 0 spiro atoms. The zero-order valence-corrected chi connectivity index (χ0v) is 9.83. The first-order valence-corrected chi connectivity index (χ1v) is 5.62. The molecule has 6 nitrogen and oxygen atoms in total. The van der Waals surface area contributed by atoms with Crippen LogP contribution in [-0.4, -0.2) is 15.1 Å². The van der Waals surface area contributed by atoms with Crippen molar-refractivity contribution in [2.75, 3.05) is 5.73 Å². The van der Waals surface area contributed by atoms with Crippen molar-refractivity contribution in [1.29, 1.82) is 0 Å². The SMILES string of the molecule is Nc1ccccc1-c1noc(-c2cccc(=O)[nH]2)n1. The van der Waals surface area contributed by atoms with E-state index in [1.165, 1.54) is 6.07 Å². The van der Waals surface area contributed by atoms with Gasteiger partial charge in [-0.2, -0.15) is 4.98 Å². The van der Waals surface area contributed by atoms with Crippen LogP contribution in [0.1, 0.15) is 0 Å². The van der Waals surface area contributed by atoms with E-state index in [4.69, 9.17) is 10.3 Å². The molecule has 0 aliphatic carbocycles. The number of pyridine rings is 1. The minimum absolute atomic E-state index is 0.225. The van der Waals surface area contributed by atoms with Crippen molar-refractivity contribution in [3.63, 3.8) is 0 Å². The third-order valence-corrected chi connectivity index (χ3v) is 2.63. The summed E-state index contributed by atoms with van der Waals surface area (Å²) >= 11 is 0. The highest BCUT2D eigenvalue weighted by Gasteiger charge is 2.12. The van der Waals surface area contributed by atoms with Crippen LogP contribution in [0.15, 0.2) is 51.8 Å². The van der Waals surface area contributed by atoms with Crippen molar-refractivity contribution in [2.24, 2.45) is 0 Å². The Morgan fingerprint density at radius 2 is 1.95 bits per heavy atom. The molecule has 1 aromatic carbocycles. The lowest BCUT2D eigenvalue weighted by atomic mass is 10.2. The molecule has 0 saturated heterocycles. The summed E-state index contributed by atoms with van der Waals surface area (Å²) in [6.45, 7) is 0. The molecule has 0 atom stereocenters. The summed E-state index contributed by atoms with van der Waals surface area (Å²) in [5, 5.41) is 3.87. The second-order valence-electron chi connectivity index (χ2n) is 3.94. The molecule has 3 N–H and O–H groups in total. The summed E-state index contributed by atoms with van der Waals surface area (Å²) in [6.07, 6.45) is 0. The van der Waals surface area contributed by atoms with E-state index < -0.39 is 0 Å². The van der Waals surface area contributed by atoms with E-state index >= 15 is 0 Å². The molecule has 2 aromatic heterocycles. The van der Waals surface area contributed by atoms with Crippen molar-refractivity contribution < 1.29 is 4.52 Å². The Hall–Kier alpha value is -2.89. The Kier molecular flexibility index (Phi) is 2.60. The number of hydrogen-bond donors (Lipinski definition) is 2. The van der Waals surface area contributed by atoms with Gasteiger partial charge in [0.05, 0.1) is 0 Å². The van der Waals surface area contributed by atoms with Crippen molar-refractivity contribution in [3.8, 4) is 23.0 Å². The van der Waals surface area contributed by atoms with Gasteiger partial charge in [-0.3, -0.25) is 4.79 Å². The van der Waals surface area contributed by atoms with Crippen LogP contribution in [0.5, 0.6) is 0 Å². The smallest absolute Gasteiger partial charge is 0.274 e. The summed E-state index contributed by atoms with van der Waals surface area (Å²) in [7, 11) is 0. The molecule has 94 valence electrons. The normalized spacial score (nSPS) is 10.5. The first-order chi connectivity index (χ1) is 9.24. The molecule has 3 aromatic rings. The molecule has 0 aliphatic heterocycles.